The van der Waals surface area contributed by atoms with Crippen LogP contribution in [0.1, 0.15) is 26.3 Å². The lowest BCUT2D eigenvalue weighted by Crippen LogP contribution is -2.63. The van der Waals surface area contributed by atoms with Crippen LogP contribution in [0.3, 0.4) is 0 Å². The first-order chi connectivity index (χ1) is 13.2. The highest BCUT2D eigenvalue weighted by Gasteiger charge is 2.48. The summed E-state index contributed by atoms with van der Waals surface area (Å²) in [4.78, 5) is 35.3. The van der Waals surface area contributed by atoms with Crippen molar-refractivity contribution in [2.24, 2.45) is 5.73 Å². The molecule has 5 atom stereocenters. The van der Waals surface area contributed by atoms with E-state index in [1.807, 2.05) is 31.2 Å². The molecule has 0 bridgehead atoms. The summed E-state index contributed by atoms with van der Waals surface area (Å²) in [6.45, 7) is 5.60. The number of aryl methyl sites for hydroxylation is 1. The molecule has 0 saturated carbocycles. The second-order valence-corrected chi connectivity index (χ2v) is 7.68. The fourth-order valence-corrected chi connectivity index (χ4v) is 4.12. The average molecular weight is 411 g/mol. The van der Waals surface area contributed by atoms with Crippen molar-refractivity contribution in [3.05, 3.63) is 29.8 Å². The molecule has 1 aromatic rings. The van der Waals surface area contributed by atoms with Crippen molar-refractivity contribution < 1.29 is 33.3 Å². The fraction of sp³-hybridized carbons (Fsp3) is 0.526. The van der Waals surface area contributed by atoms with Gasteiger partial charge in [-0.15, -0.1) is 0 Å². The number of rotatable bonds is 6. The fourth-order valence-electron chi connectivity index (χ4n) is 2.87. The summed E-state index contributed by atoms with van der Waals surface area (Å²) in [7, 11) is 0. The predicted molar refractivity (Wildman–Crippen MR) is 101 cm³/mol. The quantitative estimate of drug-likeness (QED) is 0.550. The van der Waals surface area contributed by atoms with Crippen molar-refractivity contribution in [2.45, 2.75) is 62.4 Å². The Balaban J connectivity index is 2.29. The Morgan fingerprint density at radius 1 is 1.07 bits per heavy atom. The van der Waals surface area contributed by atoms with Crippen LogP contribution in [0.4, 0.5) is 0 Å². The third-order valence-corrected chi connectivity index (χ3v) is 5.14. The van der Waals surface area contributed by atoms with Crippen LogP contribution in [0.15, 0.2) is 29.2 Å². The van der Waals surface area contributed by atoms with Crippen LogP contribution in [0, 0.1) is 6.92 Å². The van der Waals surface area contributed by atoms with E-state index in [0.717, 1.165) is 10.5 Å². The molecule has 154 valence electrons. The second-order valence-electron chi connectivity index (χ2n) is 6.51. The molecule has 0 aromatic heterocycles. The lowest BCUT2D eigenvalue weighted by Gasteiger charge is -2.43. The molecular formula is C19H25NO7S. The van der Waals surface area contributed by atoms with Gasteiger partial charge >= 0.3 is 17.9 Å². The molecule has 0 amide bonds. The van der Waals surface area contributed by atoms with Crippen LogP contribution >= 0.6 is 11.8 Å². The van der Waals surface area contributed by atoms with Gasteiger partial charge in [-0.05, 0) is 19.1 Å². The zero-order chi connectivity index (χ0) is 20.8. The first kappa shape index (κ1) is 22.2. The van der Waals surface area contributed by atoms with Gasteiger partial charge in [-0.1, -0.05) is 29.5 Å². The maximum Gasteiger partial charge on any atom is 0.303 e. The number of carbonyl (C=O) groups is 3. The third-order valence-electron chi connectivity index (χ3n) is 4.00. The summed E-state index contributed by atoms with van der Waals surface area (Å²) in [6, 6.07) is 6.87. The Bertz CT molecular complexity index is 724. The van der Waals surface area contributed by atoms with Gasteiger partial charge in [0.15, 0.2) is 6.10 Å². The van der Waals surface area contributed by atoms with Crippen LogP contribution in [0.5, 0.6) is 0 Å². The average Bonchev–Trinajstić information content (AvgIpc) is 2.58. The SMILES string of the molecule is CC(=O)OCC1OC(Sc2cccc(C)c2)C(OC(C)=O)C(N)C1OC(C)=O. The number of benzene rings is 1. The standard InChI is InChI=1S/C19H25NO7S/c1-10-6-5-7-14(8-10)28-19-18(26-13(4)23)16(20)17(25-12(3)22)15(27-19)9-24-11(2)21/h5-8,15-19H,9,20H2,1-4H3. The zero-order valence-corrected chi connectivity index (χ0v) is 17.1. The maximum absolute atomic E-state index is 11.6. The maximum atomic E-state index is 11.6. The number of esters is 3. The minimum atomic E-state index is -0.935. The molecule has 2 rings (SSSR count). The molecule has 9 heteroatoms. The van der Waals surface area contributed by atoms with E-state index in [9.17, 15) is 14.4 Å². The van der Waals surface area contributed by atoms with E-state index in [1.54, 1.807) is 0 Å². The molecule has 8 nitrogen and oxygen atoms in total. The Labute approximate surface area is 168 Å². The number of hydrogen-bond acceptors (Lipinski definition) is 9. The smallest absolute Gasteiger partial charge is 0.303 e. The van der Waals surface area contributed by atoms with Gasteiger partial charge in [0.05, 0.1) is 6.04 Å². The topological polar surface area (TPSA) is 114 Å². The Morgan fingerprint density at radius 2 is 1.71 bits per heavy atom. The van der Waals surface area contributed by atoms with Crippen molar-refractivity contribution in [1.29, 1.82) is 0 Å². The second kappa shape index (κ2) is 9.90. The Hall–Kier alpha value is -2.10. The molecule has 1 aliphatic heterocycles. The Morgan fingerprint density at radius 3 is 2.29 bits per heavy atom. The van der Waals surface area contributed by atoms with Gasteiger partial charge in [-0.25, -0.2) is 0 Å². The highest BCUT2D eigenvalue weighted by Crippen LogP contribution is 2.35. The van der Waals surface area contributed by atoms with E-state index in [1.165, 1.54) is 32.5 Å². The van der Waals surface area contributed by atoms with E-state index in [2.05, 4.69) is 0 Å². The number of ether oxygens (including phenoxy) is 4. The van der Waals surface area contributed by atoms with E-state index >= 15 is 0 Å². The Kier molecular flexibility index (Phi) is 7.85. The highest BCUT2D eigenvalue weighted by molar-refractivity contribution is 7.99. The molecule has 1 heterocycles. The molecule has 5 unspecified atom stereocenters. The first-order valence-corrected chi connectivity index (χ1v) is 9.67. The first-order valence-electron chi connectivity index (χ1n) is 8.79. The predicted octanol–water partition coefficient (Wildman–Crippen LogP) is 1.57. The lowest BCUT2D eigenvalue weighted by atomic mass is 9.97. The van der Waals surface area contributed by atoms with Crippen LogP contribution in [-0.4, -0.2) is 54.3 Å². The van der Waals surface area contributed by atoms with E-state index < -0.39 is 47.7 Å². The summed E-state index contributed by atoms with van der Waals surface area (Å²) < 4.78 is 21.8. The minimum Gasteiger partial charge on any atom is -0.463 e. The molecule has 1 aromatic carbocycles. The van der Waals surface area contributed by atoms with Gasteiger partial charge in [0.25, 0.3) is 0 Å². The van der Waals surface area contributed by atoms with Gasteiger partial charge in [0.2, 0.25) is 0 Å². The molecule has 28 heavy (non-hydrogen) atoms. The number of hydrogen-bond donors (Lipinski definition) is 1. The number of carbonyl (C=O) groups excluding carboxylic acids is 3. The number of thioether (sulfide) groups is 1. The van der Waals surface area contributed by atoms with Crippen molar-refractivity contribution >= 4 is 29.7 Å². The monoisotopic (exact) mass is 411 g/mol. The van der Waals surface area contributed by atoms with Crippen molar-refractivity contribution in [3.8, 4) is 0 Å². The lowest BCUT2D eigenvalue weighted by molar-refractivity contribution is -0.201. The largest absolute Gasteiger partial charge is 0.463 e. The zero-order valence-electron chi connectivity index (χ0n) is 16.2. The minimum absolute atomic E-state index is 0.140. The van der Waals surface area contributed by atoms with Gasteiger partial charge in [-0.2, -0.15) is 0 Å². The van der Waals surface area contributed by atoms with Gasteiger partial charge in [0.1, 0.15) is 24.3 Å². The van der Waals surface area contributed by atoms with Crippen LogP contribution in [-0.2, 0) is 33.3 Å². The van der Waals surface area contributed by atoms with Crippen LogP contribution < -0.4 is 5.73 Å². The summed E-state index contributed by atoms with van der Waals surface area (Å²) >= 11 is 1.33. The summed E-state index contributed by atoms with van der Waals surface area (Å²) in [5.74, 6) is -1.59. The molecule has 0 radical (unpaired) electrons. The summed E-state index contributed by atoms with van der Waals surface area (Å²) in [6.07, 6.45) is -2.59. The summed E-state index contributed by atoms with van der Waals surface area (Å²) in [5.41, 5.74) is 6.69. The third kappa shape index (κ3) is 6.22. The van der Waals surface area contributed by atoms with Crippen LogP contribution in [0.25, 0.3) is 0 Å². The highest BCUT2D eigenvalue weighted by atomic mass is 32.2. The van der Waals surface area contributed by atoms with Gasteiger partial charge in [0, 0.05) is 25.7 Å². The molecule has 1 aliphatic rings. The van der Waals surface area contributed by atoms with E-state index in [4.69, 9.17) is 24.7 Å². The molecular weight excluding hydrogens is 386 g/mol. The molecule has 1 saturated heterocycles. The van der Waals surface area contributed by atoms with E-state index in [0.29, 0.717) is 0 Å². The number of nitrogens with two attached hydrogens (primary N) is 1. The van der Waals surface area contributed by atoms with Gasteiger partial charge in [-0.3, -0.25) is 14.4 Å². The van der Waals surface area contributed by atoms with Gasteiger partial charge < -0.3 is 24.7 Å². The normalized spacial score (nSPS) is 27.0. The van der Waals surface area contributed by atoms with Crippen molar-refractivity contribution in [3.63, 3.8) is 0 Å². The van der Waals surface area contributed by atoms with E-state index in [-0.39, 0.29) is 6.61 Å². The molecule has 1 fully saturated rings. The molecule has 2 N–H and O–H groups in total. The molecule has 0 spiro atoms. The van der Waals surface area contributed by atoms with Crippen molar-refractivity contribution in [2.75, 3.05) is 6.61 Å². The molecule has 0 aliphatic carbocycles. The van der Waals surface area contributed by atoms with Crippen LogP contribution in [0.2, 0.25) is 0 Å². The van der Waals surface area contributed by atoms with Crippen molar-refractivity contribution in [1.82, 2.24) is 0 Å². The summed E-state index contributed by atoms with van der Waals surface area (Å²) in [5, 5.41) is 0.